The largest absolute Gasteiger partial charge is 0.467 e. The second-order valence-corrected chi connectivity index (χ2v) is 11.4. The number of hydrogen-bond acceptors (Lipinski definition) is 11. The first kappa shape index (κ1) is 34.6. The molecule has 0 radical (unpaired) electrons. The summed E-state index contributed by atoms with van der Waals surface area (Å²) < 4.78 is 71.3. The highest BCUT2D eigenvalue weighted by atomic mass is 35.5. The average molecular weight is 658 g/mol. The molecule has 2 aromatic carbocycles. The van der Waals surface area contributed by atoms with Crippen LogP contribution in [0, 0.1) is 11.6 Å². The lowest BCUT2D eigenvalue weighted by molar-refractivity contribution is -0.149. The molecule has 16 heteroatoms. The summed E-state index contributed by atoms with van der Waals surface area (Å²) in [6.07, 6.45) is 1.46. The van der Waals surface area contributed by atoms with Gasteiger partial charge in [0.1, 0.15) is 42.1 Å². The van der Waals surface area contributed by atoms with Crippen LogP contribution in [0.4, 0.5) is 14.5 Å². The predicted molar refractivity (Wildman–Crippen MR) is 154 cm³/mol. The Balaban J connectivity index is 1.44. The number of nitrogens with two attached hydrogens (primary N) is 1. The zero-order chi connectivity index (χ0) is 32.4. The fourth-order valence-corrected chi connectivity index (χ4v) is 4.96. The highest BCUT2D eigenvalue weighted by Gasteiger charge is 2.22. The van der Waals surface area contributed by atoms with Gasteiger partial charge in [0.05, 0.1) is 41.7 Å². The SMILES string of the molecule is C[C@@H](COC(=O)COCCOC(=O)c1cc(S(N)(=O)=O)c(Cl)cc1NCc1ccco1)N[C@H](C)C(=O)c1cc(F)cc(F)c1. The molecule has 0 bridgehead atoms. The summed E-state index contributed by atoms with van der Waals surface area (Å²) >= 11 is 6.06. The number of hydrogen-bond donors (Lipinski definition) is 3. The number of rotatable bonds is 16. The van der Waals surface area contributed by atoms with E-state index < -0.39 is 63.0 Å². The first-order chi connectivity index (χ1) is 20.7. The first-order valence-corrected chi connectivity index (χ1v) is 15.0. The molecule has 0 aliphatic carbocycles. The van der Waals surface area contributed by atoms with E-state index >= 15 is 0 Å². The molecule has 12 nitrogen and oxygen atoms in total. The van der Waals surface area contributed by atoms with Crippen LogP contribution in [-0.4, -0.2) is 64.7 Å². The third-order valence-electron chi connectivity index (χ3n) is 5.88. The van der Waals surface area contributed by atoms with Crippen LogP contribution in [0.25, 0.3) is 0 Å². The Labute approximate surface area is 256 Å². The van der Waals surface area contributed by atoms with Gasteiger partial charge in [-0.2, -0.15) is 0 Å². The Hall–Kier alpha value is -3.89. The van der Waals surface area contributed by atoms with E-state index in [1.54, 1.807) is 19.1 Å². The summed E-state index contributed by atoms with van der Waals surface area (Å²) in [6.45, 7) is 2.19. The van der Waals surface area contributed by atoms with E-state index in [9.17, 15) is 31.6 Å². The lowest BCUT2D eigenvalue weighted by Crippen LogP contribution is -2.42. The molecule has 0 unspecified atom stereocenters. The number of nitrogens with one attached hydrogen (secondary N) is 2. The van der Waals surface area contributed by atoms with E-state index in [0.717, 1.165) is 18.2 Å². The number of sulfonamides is 1. The molecule has 238 valence electrons. The maximum Gasteiger partial charge on any atom is 0.340 e. The van der Waals surface area contributed by atoms with Gasteiger partial charge < -0.3 is 29.3 Å². The summed E-state index contributed by atoms with van der Waals surface area (Å²) in [4.78, 5) is 36.8. The minimum absolute atomic E-state index is 0.136. The number of esters is 2. The van der Waals surface area contributed by atoms with Gasteiger partial charge in [0, 0.05) is 17.7 Å². The second kappa shape index (κ2) is 15.7. The van der Waals surface area contributed by atoms with Crippen LogP contribution in [0.3, 0.4) is 0 Å². The summed E-state index contributed by atoms with van der Waals surface area (Å²) in [7, 11) is -4.25. The third kappa shape index (κ3) is 10.4. The van der Waals surface area contributed by atoms with Crippen LogP contribution < -0.4 is 15.8 Å². The molecule has 0 fully saturated rings. The van der Waals surface area contributed by atoms with E-state index in [0.29, 0.717) is 11.8 Å². The summed E-state index contributed by atoms with van der Waals surface area (Å²) in [5, 5.41) is 10.8. The van der Waals surface area contributed by atoms with Crippen molar-refractivity contribution in [3.8, 4) is 0 Å². The molecule has 0 aliphatic rings. The van der Waals surface area contributed by atoms with Gasteiger partial charge in [-0.25, -0.2) is 31.9 Å². The predicted octanol–water partition coefficient (Wildman–Crippen LogP) is 3.44. The van der Waals surface area contributed by atoms with Crippen LogP contribution >= 0.6 is 11.6 Å². The molecule has 44 heavy (non-hydrogen) atoms. The number of carbonyl (C=O) groups excluding carboxylic acids is 3. The van der Waals surface area contributed by atoms with E-state index in [4.69, 9.17) is 35.4 Å². The summed E-state index contributed by atoms with van der Waals surface area (Å²) in [5.41, 5.74) is -0.140. The van der Waals surface area contributed by atoms with Crippen molar-refractivity contribution in [2.45, 2.75) is 37.4 Å². The average Bonchev–Trinajstić information content (AvgIpc) is 3.47. The molecule has 3 rings (SSSR count). The van der Waals surface area contributed by atoms with E-state index in [1.807, 2.05) is 0 Å². The molecule has 0 saturated carbocycles. The maximum atomic E-state index is 13.4. The Morgan fingerprint density at radius 2 is 1.75 bits per heavy atom. The van der Waals surface area contributed by atoms with Gasteiger partial charge in [0.15, 0.2) is 5.78 Å². The summed E-state index contributed by atoms with van der Waals surface area (Å²) in [5.74, 6) is -3.41. The molecule has 0 spiro atoms. The summed E-state index contributed by atoms with van der Waals surface area (Å²) in [6, 6.07) is 6.77. The molecular weight excluding hydrogens is 628 g/mol. The van der Waals surface area contributed by atoms with Gasteiger partial charge >= 0.3 is 11.9 Å². The number of anilines is 1. The van der Waals surface area contributed by atoms with Crippen molar-refractivity contribution in [1.29, 1.82) is 0 Å². The number of carbonyl (C=O) groups is 3. The van der Waals surface area contributed by atoms with Crippen molar-refractivity contribution >= 4 is 45.0 Å². The lowest BCUT2D eigenvalue weighted by Gasteiger charge is -2.19. The minimum atomic E-state index is -4.25. The van der Waals surface area contributed by atoms with Crippen molar-refractivity contribution in [3.63, 3.8) is 0 Å². The van der Waals surface area contributed by atoms with Crippen molar-refractivity contribution in [3.05, 3.63) is 82.3 Å². The van der Waals surface area contributed by atoms with Gasteiger partial charge in [-0.3, -0.25) is 4.79 Å². The Morgan fingerprint density at radius 1 is 1.05 bits per heavy atom. The van der Waals surface area contributed by atoms with Gasteiger partial charge in [0.2, 0.25) is 10.0 Å². The topological polar surface area (TPSA) is 176 Å². The number of furan rings is 1. The molecule has 4 N–H and O–H groups in total. The molecule has 2 atom stereocenters. The fraction of sp³-hybridized carbons (Fsp3) is 0.321. The second-order valence-electron chi connectivity index (χ2n) is 9.49. The quantitative estimate of drug-likeness (QED) is 0.117. The number of ketones is 1. The highest BCUT2D eigenvalue weighted by molar-refractivity contribution is 7.89. The molecule has 1 aromatic heterocycles. The standard InChI is InChI=1S/C28H30ClF2N3O9S/c1-16(34-17(2)27(36)18-8-19(30)10-20(31)9-18)14-43-26(35)15-40-6-7-42-28(37)22-11-25(44(32,38)39)23(29)12-24(22)33-13-21-4-3-5-41-21/h3-5,8-12,16-17,33-34H,6-7,13-15H2,1-2H3,(H2,32,38,39)/t16-,17+/m0/s1. The monoisotopic (exact) mass is 657 g/mol. The van der Waals surface area contributed by atoms with Crippen LogP contribution in [0.1, 0.15) is 40.3 Å². The van der Waals surface area contributed by atoms with Gasteiger partial charge in [0.25, 0.3) is 0 Å². The van der Waals surface area contributed by atoms with Crippen molar-refractivity contribution < 1.29 is 50.2 Å². The van der Waals surface area contributed by atoms with Gasteiger partial charge in [-0.1, -0.05) is 11.6 Å². The maximum absolute atomic E-state index is 13.4. The van der Waals surface area contributed by atoms with Crippen LogP contribution in [-0.2, 0) is 35.6 Å². The molecular formula is C28H30ClF2N3O9S. The van der Waals surface area contributed by atoms with Crippen molar-refractivity contribution in [2.75, 3.05) is 31.7 Å². The smallest absolute Gasteiger partial charge is 0.340 e. The zero-order valence-corrected chi connectivity index (χ0v) is 25.2. The van der Waals surface area contributed by atoms with Crippen molar-refractivity contribution in [2.24, 2.45) is 5.14 Å². The molecule has 0 saturated heterocycles. The highest BCUT2D eigenvalue weighted by Crippen LogP contribution is 2.29. The number of Topliss-reactive ketones (excluding diaryl/α,β-unsaturated/α-hetero) is 1. The van der Waals surface area contributed by atoms with Crippen LogP contribution in [0.5, 0.6) is 0 Å². The molecule has 1 heterocycles. The molecule has 0 aliphatic heterocycles. The van der Waals surface area contributed by atoms with Gasteiger partial charge in [-0.15, -0.1) is 0 Å². The Kier molecular flexibility index (Phi) is 12.4. The number of primary sulfonamides is 1. The normalized spacial score (nSPS) is 12.8. The Bertz CT molecular complexity index is 1570. The zero-order valence-electron chi connectivity index (χ0n) is 23.6. The number of benzene rings is 2. The van der Waals surface area contributed by atoms with Crippen molar-refractivity contribution in [1.82, 2.24) is 5.32 Å². The molecule has 0 amide bonds. The Morgan fingerprint density at radius 3 is 2.39 bits per heavy atom. The lowest BCUT2D eigenvalue weighted by atomic mass is 10.0. The van der Waals surface area contributed by atoms with E-state index in [1.165, 1.54) is 19.3 Å². The van der Waals surface area contributed by atoms with Gasteiger partial charge in [-0.05, 0) is 50.2 Å². The first-order valence-electron chi connectivity index (χ1n) is 13.0. The number of halogens is 3. The van der Waals surface area contributed by atoms with Crippen LogP contribution in [0.2, 0.25) is 5.02 Å². The van der Waals surface area contributed by atoms with Crippen LogP contribution in [0.15, 0.2) is 58.0 Å². The minimum Gasteiger partial charge on any atom is -0.467 e. The fourth-order valence-electron chi connectivity index (χ4n) is 3.86. The third-order valence-corrected chi connectivity index (χ3v) is 7.26. The molecule has 3 aromatic rings. The van der Waals surface area contributed by atoms with E-state index in [-0.39, 0.29) is 48.2 Å². The van der Waals surface area contributed by atoms with E-state index in [2.05, 4.69) is 10.6 Å². The number of ether oxygens (including phenoxy) is 3.